The van der Waals surface area contributed by atoms with E-state index in [0.29, 0.717) is 16.6 Å². The lowest BCUT2D eigenvalue weighted by Crippen LogP contribution is -2.26. The molecule has 0 atom stereocenters. The van der Waals surface area contributed by atoms with E-state index in [-0.39, 0.29) is 12.2 Å². The van der Waals surface area contributed by atoms with Crippen LogP contribution in [-0.2, 0) is 4.79 Å². The average molecular weight is 275 g/mol. The predicted molar refractivity (Wildman–Crippen MR) is 74.0 cm³/mol. The van der Waals surface area contributed by atoms with E-state index >= 15 is 0 Å². The molecule has 1 N–H and O–H groups in total. The molecule has 2 aromatic rings. The van der Waals surface area contributed by atoms with E-state index in [1.165, 1.54) is 17.2 Å². The number of anilines is 1. The van der Waals surface area contributed by atoms with Crippen molar-refractivity contribution in [3.8, 4) is 0 Å². The van der Waals surface area contributed by atoms with E-state index < -0.39 is 10.9 Å². The smallest absolute Gasteiger partial charge is 0.323 e. The number of benzene rings is 1. The molecule has 7 nitrogen and oxygen atoms in total. The number of likely N-dealkylation sites (N-methyl/N-ethyl adjacent to an activating group) is 1. The highest BCUT2D eigenvalue weighted by Crippen LogP contribution is 2.31. The van der Waals surface area contributed by atoms with Crippen LogP contribution in [0.3, 0.4) is 0 Å². The molecule has 7 heteroatoms. The first-order valence-corrected chi connectivity index (χ1v) is 5.87. The highest BCUT2D eigenvalue weighted by molar-refractivity contribution is 5.99. The third kappa shape index (κ3) is 2.51. The molecule has 1 heterocycles. The standard InChI is InChI=1S/C13H13N3O4/c1-8-5-10-9(11(6-8)16(19)20)3-4-14-13(10)15(2)7-12(17)18/h3-6H,7H2,1-2H3,(H,17,18). The number of carboxylic acid groups (broad SMARTS) is 1. The fourth-order valence-corrected chi connectivity index (χ4v) is 2.12. The summed E-state index contributed by atoms with van der Waals surface area (Å²) in [7, 11) is 1.59. The molecule has 1 aromatic carbocycles. The highest BCUT2D eigenvalue weighted by atomic mass is 16.6. The first kappa shape index (κ1) is 13.7. The van der Waals surface area contributed by atoms with Crippen molar-refractivity contribution in [3.63, 3.8) is 0 Å². The molecule has 0 spiro atoms. The average Bonchev–Trinajstić information content (AvgIpc) is 2.35. The largest absolute Gasteiger partial charge is 0.480 e. The topological polar surface area (TPSA) is 96.6 Å². The van der Waals surface area contributed by atoms with Crippen molar-refractivity contribution < 1.29 is 14.8 Å². The zero-order valence-electron chi connectivity index (χ0n) is 11.0. The molecule has 0 saturated carbocycles. The number of non-ortho nitro benzene ring substituents is 1. The number of pyridine rings is 1. The summed E-state index contributed by atoms with van der Waals surface area (Å²) >= 11 is 0. The number of hydrogen-bond donors (Lipinski definition) is 1. The fraction of sp³-hybridized carbons (Fsp3) is 0.231. The van der Waals surface area contributed by atoms with Crippen LogP contribution >= 0.6 is 0 Å². The summed E-state index contributed by atoms with van der Waals surface area (Å²) in [6.07, 6.45) is 1.44. The molecule has 20 heavy (non-hydrogen) atoms. The highest BCUT2D eigenvalue weighted by Gasteiger charge is 2.17. The van der Waals surface area contributed by atoms with Gasteiger partial charge in [-0.2, -0.15) is 0 Å². The Kier molecular flexibility index (Phi) is 3.51. The second-order valence-electron chi connectivity index (χ2n) is 4.52. The van der Waals surface area contributed by atoms with E-state index in [2.05, 4.69) is 4.98 Å². The van der Waals surface area contributed by atoms with Crippen molar-refractivity contribution in [1.82, 2.24) is 4.98 Å². The van der Waals surface area contributed by atoms with Gasteiger partial charge < -0.3 is 10.0 Å². The van der Waals surface area contributed by atoms with Gasteiger partial charge >= 0.3 is 5.97 Å². The van der Waals surface area contributed by atoms with Gasteiger partial charge in [0.15, 0.2) is 0 Å². The Balaban J connectivity index is 2.68. The monoisotopic (exact) mass is 275 g/mol. The van der Waals surface area contributed by atoms with E-state index in [9.17, 15) is 14.9 Å². The van der Waals surface area contributed by atoms with Crippen LogP contribution in [0.5, 0.6) is 0 Å². The number of fused-ring (bicyclic) bond motifs is 1. The predicted octanol–water partition coefficient (Wildman–Crippen LogP) is 1.97. The second-order valence-corrected chi connectivity index (χ2v) is 4.52. The third-order valence-electron chi connectivity index (χ3n) is 2.91. The van der Waals surface area contributed by atoms with Crippen molar-refractivity contribution >= 4 is 28.2 Å². The molecule has 0 aliphatic carbocycles. The van der Waals surface area contributed by atoms with Gasteiger partial charge in [-0.3, -0.25) is 14.9 Å². The Morgan fingerprint density at radius 1 is 1.45 bits per heavy atom. The minimum Gasteiger partial charge on any atom is -0.480 e. The second kappa shape index (κ2) is 5.12. The maximum atomic E-state index is 11.1. The number of nitrogens with zero attached hydrogens (tertiary/aromatic N) is 3. The molecular formula is C13H13N3O4. The minimum atomic E-state index is -0.992. The number of nitro benzene ring substituents is 1. The normalized spacial score (nSPS) is 10.5. The van der Waals surface area contributed by atoms with Crippen LogP contribution in [0, 0.1) is 17.0 Å². The molecule has 0 unspecified atom stereocenters. The molecular weight excluding hydrogens is 262 g/mol. The number of carbonyl (C=O) groups is 1. The molecule has 0 saturated heterocycles. The first-order valence-electron chi connectivity index (χ1n) is 5.87. The van der Waals surface area contributed by atoms with Gasteiger partial charge in [0.25, 0.3) is 5.69 Å². The molecule has 0 bridgehead atoms. The van der Waals surface area contributed by atoms with Gasteiger partial charge in [0.1, 0.15) is 12.4 Å². The Morgan fingerprint density at radius 2 is 2.15 bits per heavy atom. The molecule has 0 aliphatic rings. The SMILES string of the molecule is Cc1cc([N+](=O)[O-])c2ccnc(N(C)CC(=O)O)c2c1. The summed E-state index contributed by atoms with van der Waals surface area (Å²) < 4.78 is 0. The molecule has 1 aromatic heterocycles. The Hall–Kier alpha value is -2.70. The zero-order chi connectivity index (χ0) is 14.9. The van der Waals surface area contributed by atoms with Gasteiger partial charge in [0, 0.05) is 24.7 Å². The van der Waals surface area contributed by atoms with Crippen LogP contribution in [-0.4, -0.2) is 34.6 Å². The lowest BCUT2D eigenvalue weighted by Gasteiger charge is -2.17. The summed E-state index contributed by atoms with van der Waals surface area (Å²) in [6, 6.07) is 4.82. The number of nitro groups is 1. The van der Waals surface area contributed by atoms with Crippen molar-refractivity contribution in [2.24, 2.45) is 0 Å². The van der Waals surface area contributed by atoms with Crippen LogP contribution in [0.1, 0.15) is 5.56 Å². The summed E-state index contributed by atoms with van der Waals surface area (Å²) in [5.74, 6) is -0.579. The maximum Gasteiger partial charge on any atom is 0.323 e. The summed E-state index contributed by atoms with van der Waals surface area (Å²) in [5.41, 5.74) is 0.717. The van der Waals surface area contributed by atoms with Crippen LogP contribution < -0.4 is 4.90 Å². The van der Waals surface area contributed by atoms with Crippen LogP contribution in [0.25, 0.3) is 10.8 Å². The zero-order valence-corrected chi connectivity index (χ0v) is 11.0. The number of aromatic nitrogens is 1. The van der Waals surface area contributed by atoms with E-state index in [0.717, 1.165) is 5.56 Å². The summed E-state index contributed by atoms with van der Waals surface area (Å²) in [4.78, 5) is 27.0. The van der Waals surface area contributed by atoms with Gasteiger partial charge in [0.2, 0.25) is 0 Å². The Labute approximate surface area is 114 Å². The van der Waals surface area contributed by atoms with Crippen molar-refractivity contribution in [3.05, 3.63) is 40.1 Å². The maximum absolute atomic E-state index is 11.1. The van der Waals surface area contributed by atoms with Crippen LogP contribution in [0.4, 0.5) is 11.5 Å². The number of aryl methyl sites for hydroxylation is 1. The molecule has 0 amide bonds. The lowest BCUT2D eigenvalue weighted by atomic mass is 10.1. The molecule has 0 radical (unpaired) electrons. The Morgan fingerprint density at radius 3 is 2.75 bits per heavy atom. The van der Waals surface area contributed by atoms with Gasteiger partial charge in [0.05, 0.1) is 10.3 Å². The van der Waals surface area contributed by atoms with E-state index in [1.54, 1.807) is 26.1 Å². The Bertz CT molecular complexity index is 699. The summed E-state index contributed by atoms with van der Waals surface area (Å²) in [5, 5.41) is 21.0. The van der Waals surface area contributed by atoms with Gasteiger partial charge in [-0.1, -0.05) is 0 Å². The molecule has 0 fully saturated rings. The minimum absolute atomic E-state index is 0.00706. The molecule has 0 aliphatic heterocycles. The number of rotatable bonds is 4. The number of aliphatic carboxylic acids is 1. The molecule has 2 rings (SSSR count). The van der Waals surface area contributed by atoms with Gasteiger partial charge in [-0.05, 0) is 24.6 Å². The summed E-state index contributed by atoms with van der Waals surface area (Å²) in [6.45, 7) is 1.52. The van der Waals surface area contributed by atoms with Gasteiger partial charge in [-0.15, -0.1) is 0 Å². The van der Waals surface area contributed by atoms with Crippen LogP contribution in [0.2, 0.25) is 0 Å². The third-order valence-corrected chi connectivity index (χ3v) is 2.91. The van der Waals surface area contributed by atoms with E-state index in [1.807, 2.05) is 0 Å². The van der Waals surface area contributed by atoms with Crippen molar-refractivity contribution in [2.75, 3.05) is 18.5 Å². The number of carboxylic acids is 1. The fourth-order valence-electron chi connectivity index (χ4n) is 2.12. The van der Waals surface area contributed by atoms with Crippen molar-refractivity contribution in [2.45, 2.75) is 6.92 Å². The van der Waals surface area contributed by atoms with Crippen molar-refractivity contribution in [1.29, 1.82) is 0 Å². The van der Waals surface area contributed by atoms with E-state index in [4.69, 9.17) is 5.11 Å². The quantitative estimate of drug-likeness (QED) is 0.676. The first-order chi connectivity index (χ1) is 9.40. The number of hydrogen-bond acceptors (Lipinski definition) is 5. The molecule has 104 valence electrons. The lowest BCUT2D eigenvalue weighted by molar-refractivity contribution is -0.383. The van der Waals surface area contributed by atoms with Crippen LogP contribution in [0.15, 0.2) is 24.4 Å². The van der Waals surface area contributed by atoms with Gasteiger partial charge in [-0.25, -0.2) is 4.98 Å².